The Morgan fingerprint density at radius 2 is 1.87 bits per heavy atom. The summed E-state index contributed by atoms with van der Waals surface area (Å²) in [6.07, 6.45) is 2.93. The second-order valence-electron chi connectivity index (χ2n) is 6.13. The van der Waals surface area contributed by atoms with Gasteiger partial charge in [-0.05, 0) is 32.9 Å². The van der Waals surface area contributed by atoms with E-state index in [2.05, 4.69) is 10.3 Å². The normalized spacial score (nSPS) is 12.1. The molecule has 0 atom stereocenters. The van der Waals surface area contributed by atoms with Gasteiger partial charge in [0, 0.05) is 17.7 Å². The molecule has 1 amide bonds. The van der Waals surface area contributed by atoms with E-state index in [9.17, 15) is 13.2 Å². The maximum absolute atomic E-state index is 12.0. The molecule has 2 rings (SSSR count). The van der Waals surface area contributed by atoms with Crippen molar-refractivity contribution in [1.82, 2.24) is 10.3 Å². The lowest BCUT2D eigenvalue weighted by Gasteiger charge is -2.19. The molecule has 1 aromatic carbocycles. The van der Waals surface area contributed by atoms with Crippen molar-refractivity contribution in [3.8, 4) is 11.3 Å². The van der Waals surface area contributed by atoms with Gasteiger partial charge in [0.05, 0.1) is 16.7 Å². The van der Waals surface area contributed by atoms with Crippen LogP contribution >= 0.6 is 0 Å². The molecule has 0 saturated carbocycles. The zero-order chi connectivity index (χ0) is 17.1. The van der Waals surface area contributed by atoms with Crippen LogP contribution in [0.3, 0.4) is 0 Å². The second kappa shape index (κ2) is 6.54. The van der Waals surface area contributed by atoms with Gasteiger partial charge in [0.1, 0.15) is 0 Å². The lowest BCUT2D eigenvalue weighted by Crippen LogP contribution is -2.36. The lowest BCUT2D eigenvalue weighted by atomic mass is 10.1. The molecule has 0 aliphatic rings. The van der Waals surface area contributed by atoms with Crippen LogP contribution in [0.5, 0.6) is 0 Å². The molecule has 1 aromatic heterocycles. The molecule has 0 unspecified atom stereocenters. The van der Waals surface area contributed by atoms with Crippen LogP contribution in [0.1, 0.15) is 31.1 Å². The highest BCUT2D eigenvalue weighted by Gasteiger charge is 2.28. The summed E-state index contributed by atoms with van der Waals surface area (Å²) < 4.78 is 28.3. The number of oxazole rings is 1. The molecule has 0 saturated heterocycles. The molecule has 6 nitrogen and oxygen atoms in total. The minimum atomic E-state index is -3.25. The van der Waals surface area contributed by atoms with E-state index in [4.69, 9.17) is 4.42 Å². The number of aromatic nitrogens is 1. The van der Waals surface area contributed by atoms with Crippen molar-refractivity contribution >= 4 is 15.7 Å². The number of hydrogen-bond acceptors (Lipinski definition) is 5. The van der Waals surface area contributed by atoms with Crippen LogP contribution in [-0.2, 0) is 9.84 Å². The Morgan fingerprint density at radius 1 is 1.22 bits per heavy atom. The molecule has 0 aliphatic carbocycles. The summed E-state index contributed by atoms with van der Waals surface area (Å²) in [6.45, 7) is 5.02. The first-order valence-electron chi connectivity index (χ1n) is 7.20. The van der Waals surface area contributed by atoms with E-state index in [0.717, 1.165) is 5.56 Å². The number of nitrogens with zero attached hydrogens (tertiary/aromatic N) is 1. The van der Waals surface area contributed by atoms with Crippen molar-refractivity contribution in [2.24, 2.45) is 0 Å². The molecular formula is C16H20N2O4S. The number of carbonyl (C=O) groups is 1. The first kappa shape index (κ1) is 17.2. The van der Waals surface area contributed by atoms with E-state index in [0.29, 0.717) is 11.3 Å². The minimum Gasteiger partial charge on any atom is -0.444 e. The fourth-order valence-corrected chi connectivity index (χ4v) is 2.83. The van der Waals surface area contributed by atoms with E-state index < -0.39 is 14.6 Å². The van der Waals surface area contributed by atoms with Gasteiger partial charge in [-0.2, -0.15) is 0 Å². The largest absolute Gasteiger partial charge is 0.444 e. The molecule has 7 heteroatoms. The van der Waals surface area contributed by atoms with E-state index in [1.807, 2.05) is 0 Å². The monoisotopic (exact) mass is 336 g/mol. The Bertz CT molecular complexity index is 757. The van der Waals surface area contributed by atoms with E-state index in [1.54, 1.807) is 51.2 Å². The predicted molar refractivity (Wildman–Crippen MR) is 87.8 cm³/mol. The molecule has 0 radical (unpaired) electrons. The molecule has 1 N–H and O–H groups in total. The van der Waals surface area contributed by atoms with Gasteiger partial charge in [-0.3, -0.25) is 4.79 Å². The zero-order valence-electron chi connectivity index (χ0n) is 13.4. The Kier molecular flexibility index (Phi) is 4.89. The van der Waals surface area contributed by atoms with Crippen LogP contribution < -0.4 is 5.32 Å². The molecule has 2 aromatic rings. The minimum absolute atomic E-state index is 0.0849. The Labute approximate surface area is 135 Å². The average Bonchev–Trinajstić information content (AvgIpc) is 3.00. The third-order valence-electron chi connectivity index (χ3n) is 3.45. The van der Waals surface area contributed by atoms with Crippen LogP contribution in [-0.4, -0.2) is 36.4 Å². The summed E-state index contributed by atoms with van der Waals surface area (Å²) in [5.74, 6) is 0.227. The molecule has 0 bridgehead atoms. The fraction of sp³-hybridized carbons (Fsp3) is 0.375. The van der Waals surface area contributed by atoms with Gasteiger partial charge in [-0.25, -0.2) is 13.4 Å². The van der Waals surface area contributed by atoms with Gasteiger partial charge in [-0.1, -0.05) is 12.1 Å². The molecule has 1 heterocycles. The summed E-state index contributed by atoms with van der Waals surface area (Å²) in [5.41, 5.74) is 1.27. The number of carbonyl (C=O) groups excluding carboxylic acids is 1. The van der Waals surface area contributed by atoms with Crippen molar-refractivity contribution in [3.05, 3.63) is 42.4 Å². The van der Waals surface area contributed by atoms with Gasteiger partial charge in [0.15, 0.2) is 22.0 Å². The molecular weight excluding hydrogens is 316 g/mol. The SMILES string of the molecule is CC(C)(C)S(=O)(=O)CCNC(=O)c1ccc(-c2cnco2)cc1. The number of sulfone groups is 1. The number of benzene rings is 1. The lowest BCUT2D eigenvalue weighted by molar-refractivity contribution is 0.0956. The van der Waals surface area contributed by atoms with Crippen molar-refractivity contribution in [1.29, 1.82) is 0 Å². The van der Waals surface area contributed by atoms with Gasteiger partial charge in [0.25, 0.3) is 5.91 Å². The Hall–Kier alpha value is -2.15. The molecule has 0 fully saturated rings. The van der Waals surface area contributed by atoms with Crippen LogP contribution in [0.15, 0.2) is 41.3 Å². The number of rotatable bonds is 5. The zero-order valence-corrected chi connectivity index (χ0v) is 14.2. The molecule has 23 heavy (non-hydrogen) atoms. The first-order chi connectivity index (χ1) is 10.7. The smallest absolute Gasteiger partial charge is 0.251 e. The predicted octanol–water partition coefficient (Wildman–Crippen LogP) is 2.28. The summed E-state index contributed by atoms with van der Waals surface area (Å²) in [5, 5.41) is 2.63. The van der Waals surface area contributed by atoms with Crippen LogP contribution in [0.25, 0.3) is 11.3 Å². The highest BCUT2D eigenvalue weighted by atomic mass is 32.2. The van der Waals surface area contributed by atoms with E-state index in [1.165, 1.54) is 6.39 Å². The third-order valence-corrected chi connectivity index (χ3v) is 6.06. The maximum Gasteiger partial charge on any atom is 0.251 e. The van der Waals surface area contributed by atoms with Gasteiger partial charge in [0.2, 0.25) is 0 Å². The van der Waals surface area contributed by atoms with Crippen LogP contribution in [0.4, 0.5) is 0 Å². The summed E-state index contributed by atoms with van der Waals surface area (Å²) in [6, 6.07) is 6.82. The summed E-state index contributed by atoms with van der Waals surface area (Å²) in [7, 11) is -3.25. The molecule has 124 valence electrons. The number of amides is 1. The van der Waals surface area contributed by atoms with Gasteiger partial charge >= 0.3 is 0 Å². The Balaban J connectivity index is 1.94. The van der Waals surface area contributed by atoms with Crippen LogP contribution in [0.2, 0.25) is 0 Å². The second-order valence-corrected chi connectivity index (χ2v) is 8.99. The van der Waals surface area contributed by atoms with Crippen molar-refractivity contribution in [3.63, 3.8) is 0 Å². The standard InChI is InChI=1S/C16H20N2O4S/c1-16(2,3)23(20,21)9-8-18-15(19)13-6-4-12(5-7-13)14-10-17-11-22-14/h4-7,10-11H,8-9H2,1-3H3,(H,18,19). The van der Waals surface area contributed by atoms with Gasteiger partial charge in [-0.15, -0.1) is 0 Å². The quantitative estimate of drug-likeness (QED) is 0.905. The highest BCUT2D eigenvalue weighted by Crippen LogP contribution is 2.19. The van der Waals surface area contributed by atoms with Crippen molar-refractivity contribution < 1.29 is 17.6 Å². The topological polar surface area (TPSA) is 89.3 Å². The third kappa shape index (κ3) is 4.19. The maximum atomic E-state index is 12.0. The van der Waals surface area contributed by atoms with E-state index >= 15 is 0 Å². The van der Waals surface area contributed by atoms with E-state index in [-0.39, 0.29) is 18.2 Å². The molecule has 0 aliphatic heterocycles. The van der Waals surface area contributed by atoms with Gasteiger partial charge < -0.3 is 9.73 Å². The number of nitrogens with one attached hydrogen (secondary N) is 1. The molecule has 0 spiro atoms. The van der Waals surface area contributed by atoms with Crippen molar-refractivity contribution in [2.45, 2.75) is 25.5 Å². The average molecular weight is 336 g/mol. The van der Waals surface area contributed by atoms with Crippen molar-refractivity contribution in [2.75, 3.05) is 12.3 Å². The number of hydrogen-bond donors (Lipinski definition) is 1. The Morgan fingerprint density at radius 3 is 2.39 bits per heavy atom. The first-order valence-corrected chi connectivity index (χ1v) is 8.85. The summed E-state index contributed by atoms with van der Waals surface area (Å²) >= 11 is 0. The van der Waals surface area contributed by atoms with Crippen LogP contribution in [0, 0.1) is 0 Å². The summed E-state index contributed by atoms with van der Waals surface area (Å²) in [4.78, 5) is 15.9. The highest BCUT2D eigenvalue weighted by molar-refractivity contribution is 7.92. The fourth-order valence-electron chi connectivity index (χ4n) is 1.85.